The molecule has 0 spiro atoms. The molecule has 4 rings (SSSR count). The molecule has 152 valence electrons. The molecule has 10 nitrogen and oxygen atoms in total. The molecule has 1 fully saturated rings. The average Bonchev–Trinajstić information content (AvgIpc) is 2.99. The Balaban J connectivity index is 1.78. The van der Waals surface area contributed by atoms with Crippen LogP contribution in [0.2, 0.25) is 5.15 Å². The van der Waals surface area contributed by atoms with Gasteiger partial charge in [-0.25, -0.2) is 9.18 Å². The van der Waals surface area contributed by atoms with Gasteiger partial charge in [-0.3, -0.25) is 14.7 Å². The van der Waals surface area contributed by atoms with E-state index >= 15 is 0 Å². The van der Waals surface area contributed by atoms with Gasteiger partial charge in [0.1, 0.15) is 17.0 Å². The van der Waals surface area contributed by atoms with Crippen molar-refractivity contribution >= 4 is 40.1 Å². The molecule has 1 aliphatic rings. The summed E-state index contributed by atoms with van der Waals surface area (Å²) in [6.07, 6.45) is 1.91. The number of nitrogens with one attached hydrogen (secondary N) is 2. The van der Waals surface area contributed by atoms with Gasteiger partial charge in [0.25, 0.3) is 5.69 Å². The zero-order valence-corrected chi connectivity index (χ0v) is 15.7. The summed E-state index contributed by atoms with van der Waals surface area (Å²) in [5.74, 6) is -0.788. The SMILES string of the molecule is O=c1[nH]c2c(Cl)nc(Nc3cc(F)ccc3[N+](=O)[O-])nc2n1[C@H]1CC[C@H](O)CC1. The molecular weight excluding hydrogens is 407 g/mol. The number of rotatable bonds is 4. The maximum absolute atomic E-state index is 13.6. The van der Waals surface area contributed by atoms with Crippen LogP contribution in [0.5, 0.6) is 0 Å². The van der Waals surface area contributed by atoms with Crippen LogP contribution in [-0.2, 0) is 0 Å². The Morgan fingerprint density at radius 1 is 1.31 bits per heavy atom. The number of nitro benzene ring substituents is 1. The molecule has 1 aliphatic carbocycles. The number of H-pyrrole nitrogens is 1. The van der Waals surface area contributed by atoms with E-state index in [1.165, 1.54) is 4.57 Å². The molecule has 1 aromatic carbocycles. The number of aliphatic hydroxyl groups excluding tert-OH is 1. The first-order chi connectivity index (χ1) is 13.8. The van der Waals surface area contributed by atoms with Crippen LogP contribution in [0.15, 0.2) is 23.0 Å². The fourth-order valence-electron chi connectivity index (χ4n) is 3.57. The Bertz CT molecular complexity index is 1150. The number of fused-ring (bicyclic) bond motifs is 1. The highest BCUT2D eigenvalue weighted by atomic mass is 35.5. The van der Waals surface area contributed by atoms with E-state index in [0.717, 1.165) is 18.2 Å². The zero-order valence-electron chi connectivity index (χ0n) is 14.9. The zero-order chi connectivity index (χ0) is 20.7. The number of nitro groups is 1. The van der Waals surface area contributed by atoms with E-state index in [0.29, 0.717) is 25.7 Å². The number of aromatic nitrogens is 4. The van der Waals surface area contributed by atoms with E-state index in [4.69, 9.17) is 11.6 Å². The van der Waals surface area contributed by atoms with Crippen molar-refractivity contribution in [2.24, 2.45) is 0 Å². The van der Waals surface area contributed by atoms with Crippen LogP contribution in [0.3, 0.4) is 0 Å². The summed E-state index contributed by atoms with van der Waals surface area (Å²) in [6, 6.07) is 2.77. The number of hydrogen-bond acceptors (Lipinski definition) is 7. The second kappa shape index (κ2) is 7.41. The van der Waals surface area contributed by atoms with E-state index < -0.39 is 22.5 Å². The summed E-state index contributed by atoms with van der Waals surface area (Å²) in [5.41, 5.74) is -0.443. The van der Waals surface area contributed by atoms with Gasteiger partial charge in [-0.2, -0.15) is 9.97 Å². The lowest BCUT2D eigenvalue weighted by molar-refractivity contribution is -0.384. The minimum Gasteiger partial charge on any atom is -0.393 e. The molecule has 0 atom stereocenters. The Labute approximate surface area is 167 Å². The molecule has 0 amide bonds. The first-order valence-corrected chi connectivity index (χ1v) is 9.28. The van der Waals surface area contributed by atoms with Crippen molar-refractivity contribution in [1.82, 2.24) is 19.5 Å². The fraction of sp³-hybridized carbons (Fsp3) is 0.353. The molecule has 3 aromatic rings. The number of benzene rings is 1. The normalized spacial score (nSPS) is 19.4. The average molecular weight is 423 g/mol. The van der Waals surface area contributed by atoms with Gasteiger partial charge in [0.05, 0.1) is 11.0 Å². The summed E-state index contributed by atoms with van der Waals surface area (Å²) < 4.78 is 15.0. The van der Waals surface area contributed by atoms with Gasteiger partial charge in [-0.1, -0.05) is 11.6 Å². The van der Waals surface area contributed by atoms with Crippen LogP contribution in [0.25, 0.3) is 11.2 Å². The van der Waals surface area contributed by atoms with Gasteiger partial charge in [0.2, 0.25) is 5.95 Å². The summed E-state index contributed by atoms with van der Waals surface area (Å²) in [7, 11) is 0. The molecule has 0 saturated heterocycles. The lowest BCUT2D eigenvalue weighted by atomic mass is 9.93. The number of nitrogens with zero attached hydrogens (tertiary/aromatic N) is 4. The second-order valence-electron chi connectivity index (χ2n) is 6.84. The predicted octanol–water partition coefficient (Wildman–Crippen LogP) is 3.04. The van der Waals surface area contributed by atoms with Gasteiger partial charge in [0, 0.05) is 18.2 Å². The number of aromatic amines is 1. The van der Waals surface area contributed by atoms with Crippen molar-refractivity contribution in [2.45, 2.75) is 37.8 Å². The van der Waals surface area contributed by atoms with Crippen LogP contribution in [0.1, 0.15) is 31.7 Å². The van der Waals surface area contributed by atoms with Crippen LogP contribution in [0.4, 0.5) is 21.7 Å². The van der Waals surface area contributed by atoms with E-state index in [1.807, 2.05) is 0 Å². The highest BCUT2D eigenvalue weighted by Gasteiger charge is 2.26. The minimum absolute atomic E-state index is 0.0525. The first-order valence-electron chi connectivity index (χ1n) is 8.90. The third kappa shape index (κ3) is 3.66. The Kier molecular flexibility index (Phi) is 4.92. The lowest BCUT2D eigenvalue weighted by Gasteiger charge is -2.26. The number of halogens is 2. The number of hydrogen-bond donors (Lipinski definition) is 3. The Morgan fingerprint density at radius 3 is 2.72 bits per heavy atom. The largest absolute Gasteiger partial charge is 0.393 e. The van der Waals surface area contributed by atoms with Gasteiger partial charge in [0.15, 0.2) is 10.8 Å². The summed E-state index contributed by atoms with van der Waals surface area (Å²) in [6.45, 7) is 0. The van der Waals surface area contributed by atoms with Crippen molar-refractivity contribution in [3.8, 4) is 0 Å². The molecule has 2 heterocycles. The van der Waals surface area contributed by atoms with E-state index in [9.17, 15) is 24.4 Å². The van der Waals surface area contributed by atoms with Crippen molar-refractivity contribution in [2.75, 3.05) is 5.32 Å². The maximum atomic E-state index is 13.6. The Hall–Kier alpha value is -3.05. The van der Waals surface area contributed by atoms with Gasteiger partial charge < -0.3 is 15.4 Å². The van der Waals surface area contributed by atoms with Crippen LogP contribution in [0, 0.1) is 15.9 Å². The topological polar surface area (TPSA) is 139 Å². The van der Waals surface area contributed by atoms with E-state index in [-0.39, 0.29) is 39.7 Å². The van der Waals surface area contributed by atoms with Crippen molar-refractivity contribution in [1.29, 1.82) is 0 Å². The fourth-order valence-corrected chi connectivity index (χ4v) is 3.78. The maximum Gasteiger partial charge on any atom is 0.328 e. The van der Waals surface area contributed by atoms with Crippen molar-refractivity contribution < 1.29 is 14.4 Å². The molecule has 29 heavy (non-hydrogen) atoms. The minimum atomic E-state index is -0.676. The highest BCUT2D eigenvalue weighted by Crippen LogP contribution is 2.32. The van der Waals surface area contributed by atoms with Crippen LogP contribution in [-0.4, -0.2) is 35.7 Å². The molecule has 0 bridgehead atoms. The number of anilines is 2. The van der Waals surface area contributed by atoms with Crippen molar-refractivity contribution in [3.63, 3.8) is 0 Å². The van der Waals surface area contributed by atoms with Gasteiger partial charge in [-0.05, 0) is 31.7 Å². The number of imidazole rings is 1. The monoisotopic (exact) mass is 422 g/mol. The van der Waals surface area contributed by atoms with E-state index in [1.54, 1.807) is 0 Å². The van der Waals surface area contributed by atoms with Crippen LogP contribution >= 0.6 is 11.6 Å². The molecule has 2 aromatic heterocycles. The molecule has 0 aliphatic heterocycles. The third-order valence-corrected chi connectivity index (χ3v) is 5.23. The second-order valence-corrected chi connectivity index (χ2v) is 7.20. The molecule has 0 radical (unpaired) electrons. The molecule has 0 unspecified atom stereocenters. The predicted molar refractivity (Wildman–Crippen MR) is 103 cm³/mol. The highest BCUT2D eigenvalue weighted by molar-refractivity contribution is 6.33. The number of aliphatic hydroxyl groups is 1. The van der Waals surface area contributed by atoms with E-state index in [2.05, 4.69) is 20.3 Å². The smallest absolute Gasteiger partial charge is 0.328 e. The molecule has 3 N–H and O–H groups in total. The summed E-state index contributed by atoms with van der Waals surface area (Å²) in [5, 5.41) is 23.5. The Morgan fingerprint density at radius 2 is 2.03 bits per heavy atom. The lowest BCUT2D eigenvalue weighted by Crippen LogP contribution is -2.27. The summed E-state index contributed by atoms with van der Waals surface area (Å²) >= 11 is 6.19. The standard InChI is InChI=1S/C17H16ClFN6O4/c18-14-13-15(24(17(27)21-13)9-2-4-10(26)5-3-9)23-16(22-14)20-11-7-8(19)1-6-12(11)25(28)29/h1,6-7,9-10,26H,2-5H2,(H,21,27)(H,20,22,23)/t9-,10-. The summed E-state index contributed by atoms with van der Waals surface area (Å²) in [4.78, 5) is 34.0. The molecule has 1 saturated carbocycles. The van der Waals surface area contributed by atoms with Crippen molar-refractivity contribution in [3.05, 3.63) is 49.8 Å². The third-order valence-electron chi connectivity index (χ3n) is 4.96. The molecule has 12 heteroatoms. The van der Waals surface area contributed by atoms with Gasteiger partial charge in [-0.15, -0.1) is 0 Å². The quantitative estimate of drug-likeness (QED) is 0.333. The van der Waals surface area contributed by atoms with Gasteiger partial charge >= 0.3 is 5.69 Å². The first kappa shape index (κ1) is 19.3. The molecular formula is C17H16ClFN6O4. The van der Waals surface area contributed by atoms with Crippen LogP contribution < -0.4 is 11.0 Å².